The van der Waals surface area contributed by atoms with E-state index in [1.165, 1.54) is 45.4 Å². The van der Waals surface area contributed by atoms with Crippen molar-refractivity contribution in [3.63, 3.8) is 0 Å². The Balaban J connectivity index is 1.59. The van der Waals surface area contributed by atoms with E-state index in [0.717, 1.165) is 5.84 Å². The fraction of sp³-hybridized carbons (Fsp3) is 0.846. The molecule has 4 rings (SSSR count). The van der Waals surface area contributed by atoms with Gasteiger partial charge < -0.3 is 10.6 Å². The highest BCUT2D eigenvalue weighted by atomic mass is 15.3. The smallest absolute Gasteiger partial charge is 0.111 e. The quantitative estimate of drug-likeness (QED) is 0.573. The Labute approximate surface area is 109 Å². The van der Waals surface area contributed by atoms with Gasteiger partial charge in [-0.15, -0.1) is 0 Å². The van der Waals surface area contributed by atoms with E-state index in [1.54, 1.807) is 13.4 Å². The summed E-state index contributed by atoms with van der Waals surface area (Å²) in [6.45, 7) is 4.81. The van der Waals surface area contributed by atoms with Gasteiger partial charge >= 0.3 is 0 Å². The van der Waals surface area contributed by atoms with E-state index >= 15 is 0 Å². The first kappa shape index (κ1) is 12.1. The van der Waals surface area contributed by atoms with Crippen molar-refractivity contribution >= 4 is 12.2 Å². The maximum absolute atomic E-state index is 6.08. The van der Waals surface area contributed by atoms with E-state index in [2.05, 4.69) is 26.8 Å². The molecule has 3 aliphatic carbocycles. The highest BCUT2D eigenvalue weighted by Gasteiger charge is 2.71. The third-order valence-corrected chi connectivity index (χ3v) is 5.03. The van der Waals surface area contributed by atoms with E-state index in [1.807, 2.05) is 0 Å². The molecule has 0 aromatic heterocycles. The maximum Gasteiger partial charge on any atom is 0.111 e. The summed E-state index contributed by atoms with van der Waals surface area (Å²) < 4.78 is 0. The molecule has 1 saturated heterocycles. The van der Waals surface area contributed by atoms with Crippen LogP contribution in [0.15, 0.2) is 9.98 Å². The van der Waals surface area contributed by atoms with Gasteiger partial charge in [0.1, 0.15) is 12.2 Å². The summed E-state index contributed by atoms with van der Waals surface area (Å²) in [6.07, 6.45) is 5.18. The predicted octanol–water partition coefficient (Wildman–Crippen LogP) is 0.172. The number of piperazine rings is 1. The highest BCUT2D eigenvalue weighted by molar-refractivity contribution is 5.95. The van der Waals surface area contributed by atoms with Crippen molar-refractivity contribution in [2.75, 3.05) is 40.3 Å². The van der Waals surface area contributed by atoms with Crippen LogP contribution in [0.4, 0.5) is 0 Å². The SMILES string of the molecule is CN=CN=C(N)C12CC(N3CCN(C)CC3)(C1)C2. The summed E-state index contributed by atoms with van der Waals surface area (Å²) in [7, 11) is 3.93. The van der Waals surface area contributed by atoms with Crippen molar-refractivity contribution in [3.05, 3.63) is 0 Å². The van der Waals surface area contributed by atoms with Crippen molar-refractivity contribution in [3.8, 4) is 0 Å². The van der Waals surface area contributed by atoms with Gasteiger partial charge in [-0.05, 0) is 26.3 Å². The first-order chi connectivity index (χ1) is 8.60. The number of likely N-dealkylation sites (N-methyl/N-ethyl adjacent to an activating group) is 1. The zero-order valence-corrected chi connectivity index (χ0v) is 11.4. The number of aliphatic imine (C=N–C) groups is 2. The van der Waals surface area contributed by atoms with E-state index in [-0.39, 0.29) is 5.41 Å². The number of amidine groups is 1. The van der Waals surface area contributed by atoms with E-state index in [4.69, 9.17) is 5.73 Å². The summed E-state index contributed by atoms with van der Waals surface area (Å²) in [5.74, 6) is 0.795. The third kappa shape index (κ3) is 1.61. The molecular formula is C13H23N5. The molecule has 0 aromatic rings. The van der Waals surface area contributed by atoms with Crippen LogP contribution in [0.2, 0.25) is 0 Å². The Morgan fingerprint density at radius 3 is 2.33 bits per heavy atom. The van der Waals surface area contributed by atoms with Crippen LogP contribution in [0.1, 0.15) is 19.3 Å². The lowest BCUT2D eigenvalue weighted by molar-refractivity contribution is -0.188. The molecule has 0 unspecified atom stereocenters. The Morgan fingerprint density at radius 1 is 1.17 bits per heavy atom. The van der Waals surface area contributed by atoms with Crippen LogP contribution >= 0.6 is 0 Å². The van der Waals surface area contributed by atoms with Crippen LogP contribution in [0.25, 0.3) is 0 Å². The van der Waals surface area contributed by atoms with Crippen molar-refractivity contribution in [2.45, 2.75) is 24.8 Å². The van der Waals surface area contributed by atoms with Gasteiger partial charge in [-0.3, -0.25) is 9.89 Å². The van der Waals surface area contributed by atoms with E-state index < -0.39 is 0 Å². The van der Waals surface area contributed by atoms with Crippen molar-refractivity contribution < 1.29 is 0 Å². The van der Waals surface area contributed by atoms with Crippen molar-refractivity contribution in [2.24, 2.45) is 21.1 Å². The minimum Gasteiger partial charge on any atom is -0.387 e. The molecule has 2 bridgehead atoms. The fourth-order valence-corrected chi connectivity index (χ4v) is 3.88. The zero-order valence-electron chi connectivity index (χ0n) is 11.4. The molecule has 18 heavy (non-hydrogen) atoms. The molecule has 4 fully saturated rings. The van der Waals surface area contributed by atoms with E-state index in [0.29, 0.717) is 5.54 Å². The van der Waals surface area contributed by atoms with Crippen LogP contribution in [-0.2, 0) is 0 Å². The summed E-state index contributed by atoms with van der Waals surface area (Å²) in [4.78, 5) is 13.2. The topological polar surface area (TPSA) is 57.2 Å². The van der Waals surface area contributed by atoms with Crippen LogP contribution in [-0.4, -0.2) is 67.8 Å². The molecule has 4 aliphatic rings. The summed E-state index contributed by atoms with van der Waals surface area (Å²) >= 11 is 0. The monoisotopic (exact) mass is 249 g/mol. The molecule has 2 N–H and O–H groups in total. The minimum absolute atomic E-state index is 0.213. The van der Waals surface area contributed by atoms with Gasteiger partial charge in [-0.1, -0.05) is 0 Å². The second-order valence-corrected chi connectivity index (χ2v) is 6.21. The van der Waals surface area contributed by atoms with Gasteiger partial charge in [0, 0.05) is 44.2 Å². The molecule has 0 aromatic carbocycles. The lowest BCUT2D eigenvalue weighted by atomic mass is 9.38. The Morgan fingerprint density at radius 2 is 1.78 bits per heavy atom. The lowest BCUT2D eigenvalue weighted by Crippen LogP contribution is -2.79. The normalized spacial score (nSPS) is 41.8. The summed E-state index contributed by atoms with van der Waals surface area (Å²) in [5.41, 5.74) is 6.76. The van der Waals surface area contributed by atoms with Crippen LogP contribution in [0.5, 0.6) is 0 Å². The molecule has 0 spiro atoms. The molecule has 0 atom stereocenters. The summed E-state index contributed by atoms with van der Waals surface area (Å²) in [6, 6.07) is 0. The number of nitrogens with zero attached hydrogens (tertiary/aromatic N) is 4. The molecular weight excluding hydrogens is 226 g/mol. The van der Waals surface area contributed by atoms with Crippen LogP contribution < -0.4 is 5.73 Å². The van der Waals surface area contributed by atoms with Gasteiger partial charge in [-0.2, -0.15) is 0 Å². The average molecular weight is 249 g/mol. The fourth-order valence-electron chi connectivity index (χ4n) is 3.88. The first-order valence-corrected chi connectivity index (χ1v) is 6.78. The second kappa shape index (κ2) is 4.03. The maximum atomic E-state index is 6.08. The van der Waals surface area contributed by atoms with Gasteiger partial charge in [-0.25, -0.2) is 4.99 Å². The van der Waals surface area contributed by atoms with Crippen molar-refractivity contribution in [1.29, 1.82) is 0 Å². The molecule has 5 heteroatoms. The standard InChI is InChI=1S/C13H23N5/c1-15-10-16-11(14)12-7-13(8-12,9-12)18-5-3-17(2)4-6-18/h10H,3-9H2,1-2H3,(H2,14,15,16). The first-order valence-electron chi connectivity index (χ1n) is 6.78. The number of hydrogen-bond donors (Lipinski definition) is 1. The summed E-state index contributed by atoms with van der Waals surface area (Å²) in [5, 5.41) is 0. The van der Waals surface area contributed by atoms with Gasteiger partial charge in [0.15, 0.2) is 0 Å². The van der Waals surface area contributed by atoms with Gasteiger partial charge in [0.2, 0.25) is 0 Å². The molecule has 5 nitrogen and oxygen atoms in total. The number of rotatable bonds is 3. The number of hydrogen-bond acceptors (Lipinski definition) is 3. The molecule has 3 saturated carbocycles. The van der Waals surface area contributed by atoms with Crippen molar-refractivity contribution in [1.82, 2.24) is 9.80 Å². The zero-order chi connectivity index (χ0) is 12.8. The minimum atomic E-state index is 0.213. The van der Waals surface area contributed by atoms with Crippen LogP contribution in [0.3, 0.4) is 0 Å². The van der Waals surface area contributed by atoms with Gasteiger partial charge in [0.05, 0.1) is 0 Å². The molecule has 1 heterocycles. The van der Waals surface area contributed by atoms with Gasteiger partial charge in [0.25, 0.3) is 0 Å². The van der Waals surface area contributed by atoms with Crippen LogP contribution in [0, 0.1) is 5.41 Å². The lowest BCUT2D eigenvalue weighted by Gasteiger charge is -2.74. The Hall–Kier alpha value is -0.940. The highest BCUT2D eigenvalue weighted by Crippen LogP contribution is 2.69. The molecule has 0 amide bonds. The third-order valence-electron chi connectivity index (χ3n) is 5.03. The molecule has 0 radical (unpaired) electrons. The predicted molar refractivity (Wildman–Crippen MR) is 74.1 cm³/mol. The molecule has 1 aliphatic heterocycles. The largest absolute Gasteiger partial charge is 0.387 e. The van der Waals surface area contributed by atoms with E-state index in [9.17, 15) is 0 Å². The number of nitrogens with two attached hydrogens (primary N) is 1. The average Bonchev–Trinajstić information content (AvgIpc) is 2.25. The Bertz CT molecular complexity index is 372. The second-order valence-electron chi connectivity index (χ2n) is 6.21. The Kier molecular flexibility index (Phi) is 2.71. The molecule has 100 valence electrons.